The summed E-state index contributed by atoms with van der Waals surface area (Å²) < 4.78 is 0. The number of aryl methyl sites for hydroxylation is 1. The maximum Gasteiger partial charge on any atom is 0.255 e. The van der Waals surface area contributed by atoms with Crippen LogP contribution in [0.15, 0.2) is 72.8 Å². The first-order valence-electron chi connectivity index (χ1n) is 12.0. The van der Waals surface area contributed by atoms with E-state index in [0.717, 1.165) is 42.0 Å². The van der Waals surface area contributed by atoms with Crippen LogP contribution in [0.1, 0.15) is 23.8 Å². The summed E-state index contributed by atoms with van der Waals surface area (Å²) in [6.07, 6.45) is 0.951. The number of hydrogen-bond acceptors (Lipinski definition) is 4. The molecule has 0 radical (unpaired) electrons. The lowest BCUT2D eigenvalue weighted by atomic mass is 10.0. The Kier molecular flexibility index (Phi) is 7.51. The number of anilines is 2. The van der Waals surface area contributed by atoms with E-state index in [1.807, 2.05) is 79.5 Å². The predicted molar refractivity (Wildman–Crippen MR) is 145 cm³/mol. The van der Waals surface area contributed by atoms with Crippen LogP contribution in [0.25, 0.3) is 11.1 Å². The minimum absolute atomic E-state index is 0. The molecule has 0 aliphatic carbocycles. The Hall–Kier alpha value is -3.64. The summed E-state index contributed by atoms with van der Waals surface area (Å²) in [6, 6.07) is 24.2. The number of nitrogens with zero attached hydrogens (tertiary/aromatic N) is 3. The van der Waals surface area contributed by atoms with Gasteiger partial charge in [-0.15, -0.1) is 0 Å². The van der Waals surface area contributed by atoms with Gasteiger partial charge < -0.3 is 20.0 Å². The van der Waals surface area contributed by atoms with Gasteiger partial charge in [0.05, 0.1) is 12.6 Å². The van der Waals surface area contributed by atoms with Crippen molar-refractivity contribution < 1.29 is 11.0 Å². The number of carbonyl (C=O) groups excluding carboxylic acids is 2. The van der Waals surface area contributed by atoms with Crippen molar-refractivity contribution in [2.45, 2.75) is 19.4 Å². The molecule has 184 valence electrons. The Bertz CT molecular complexity index is 1160. The van der Waals surface area contributed by atoms with Gasteiger partial charge in [0, 0.05) is 38.5 Å². The van der Waals surface area contributed by atoms with Gasteiger partial charge in [-0.05, 0) is 75.0 Å². The van der Waals surface area contributed by atoms with Crippen LogP contribution >= 0.6 is 0 Å². The lowest BCUT2D eigenvalue weighted by molar-refractivity contribution is -0.132. The van der Waals surface area contributed by atoms with E-state index in [2.05, 4.69) is 41.4 Å². The highest BCUT2D eigenvalue weighted by atomic mass is 16.2. The van der Waals surface area contributed by atoms with E-state index in [-0.39, 0.29) is 19.3 Å². The zero-order valence-electron chi connectivity index (χ0n) is 21.0. The molecule has 35 heavy (non-hydrogen) atoms. The van der Waals surface area contributed by atoms with E-state index in [4.69, 9.17) is 0 Å². The summed E-state index contributed by atoms with van der Waals surface area (Å²) in [5.74, 6) is 0.0160. The van der Waals surface area contributed by atoms with Gasteiger partial charge in [0.2, 0.25) is 5.91 Å². The molecule has 1 N–H and O–H groups in total. The predicted octanol–water partition coefficient (Wildman–Crippen LogP) is 4.76. The number of nitrogens with one attached hydrogen (secondary N) is 1. The molecule has 0 spiro atoms. The Morgan fingerprint density at radius 3 is 2.11 bits per heavy atom. The number of hydrogen-bond donors (Lipinski definition) is 1. The standard InChI is InChI=1S/C29H34N4O2.H2/c1-21-5-7-22(8-6-21)23-9-11-24(12-10-23)29(35)30-25-13-15-26(16-14-25)33-18-17-27(19-33)32(4)28(34)20-31(2)3;/h5-16,27H,17-20H2,1-4H3,(H,30,35);1H. The van der Waals surface area contributed by atoms with E-state index in [0.29, 0.717) is 12.1 Å². The lowest BCUT2D eigenvalue weighted by Crippen LogP contribution is -2.43. The van der Waals surface area contributed by atoms with E-state index in [1.54, 1.807) is 0 Å². The quantitative estimate of drug-likeness (QED) is 0.539. The molecule has 1 saturated heterocycles. The molecule has 1 aliphatic rings. The van der Waals surface area contributed by atoms with Crippen molar-refractivity contribution >= 4 is 23.2 Å². The van der Waals surface area contributed by atoms with Gasteiger partial charge in [-0.2, -0.15) is 0 Å². The average molecular weight is 473 g/mol. The van der Waals surface area contributed by atoms with Gasteiger partial charge in [0.15, 0.2) is 0 Å². The molecule has 4 rings (SSSR count). The Balaban J connectivity index is 0.00000361. The number of benzene rings is 3. The zero-order valence-corrected chi connectivity index (χ0v) is 21.0. The van der Waals surface area contributed by atoms with Crippen molar-refractivity contribution in [3.05, 3.63) is 83.9 Å². The van der Waals surface area contributed by atoms with Crippen molar-refractivity contribution in [3.8, 4) is 11.1 Å². The topological polar surface area (TPSA) is 55.9 Å². The van der Waals surface area contributed by atoms with Crippen LogP contribution < -0.4 is 10.2 Å². The minimum atomic E-state index is -0.129. The first kappa shape index (κ1) is 24.5. The van der Waals surface area contributed by atoms with Crippen molar-refractivity contribution in [3.63, 3.8) is 0 Å². The molecule has 0 saturated carbocycles. The van der Waals surface area contributed by atoms with Crippen LogP contribution in [-0.4, -0.2) is 68.4 Å². The molecule has 2 amide bonds. The second kappa shape index (κ2) is 10.7. The summed E-state index contributed by atoms with van der Waals surface area (Å²) in [7, 11) is 5.72. The highest BCUT2D eigenvalue weighted by Crippen LogP contribution is 2.25. The van der Waals surface area contributed by atoms with Gasteiger partial charge in [0.25, 0.3) is 5.91 Å². The molecule has 6 nitrogen and oxygen atoms in total. The van der Waals surface area contributed by atoms with Gasteiger partial charge in [-0.1, -0.05) is 42.0 Å². The van der Waals surface area contributed by atoms with E-state index >= 15 is 0 Å². The van der Waals surface area contributed by atoms with E-state index in [9.17, 15) is 9.59 Å². The van der Waals surface area contributed by atoms with E-state index in [1.165, 1.54) is 5.56 Å². The molecule has 0 bridgehead atoms. The molecule has 3 aromatic carbocycles. The molecule has 3 aromatic rings. The average Bonchev–Trinajstić information content (AvgIpc) is 3.34. The minimum Gasteiger partial charge on any atom is -0.369 e. The fourth-order valence-corrected chi connectivity index (χ4v) is 4.40. The second-order valence-electron chi connectivity index (χ2n) is 9.58. The van der Waals surface area contributed by atoms with Crippen molar-refractivity contribution in [2.75, 3.05) is 51.0 Å². The van der Waals surface area contributed by atoms with Gasteiger partial charge >= 0.3 is 0 Å². The lowest BCUT2D eigenvalue weighted by Gasteiger charge is -2.26. The maximum atomic E-state index is 12.7. The van der Waals surface area contributed by atoms with Crippen LogP contribution in [0.5, 0.6) is 0 Å². The number of amides is 2. The smallest absolute Gasteiger partial charge is 0.255 e. The molecular formula is C29H36N4O2. The first-order valence-corrected chi connectivity index (χ1v) is 12.0. The van der Waals surface area contributed by atoms with Crippen molar-refractivity contribution in [1.82, 2.24) is 9.80 Å². The monoisotopic (exact) mass is 472 g/mol. The first-order chi connectivity index (χ1) is 16.8. The highest BCUT2D eigenvalue weighted by molar-refractivity contribution is 6.04. The van der Waals surface area contributed by atoms with Gasteiger partial charge in [0.1, 0.15) is 0 Å². The summed E-state index contributed by atoms with van der Waals surface area (Å²) in [6.45, 7) is 4.22. The van der Waals surface area contributed by atoms with Crippen LogP contribution in [0.4, 0.5) is 11.4 Å². The zero-order chi connectivity index (χ0) is 24.9. The largest absolute Gasteiger partial charge is 0.369 e. The van der Waals surface area contributed by atoms with Gasteiger partial charge in [-0.3, -0.25) is 9.59 Å². The summed E-state index contributed by atoms with van der Waals surface area (Å²) in [5, 5.41) is 2.99. The fourth-order valence-electron chi connectivity index (χ4n) is 4.40. The van der Waals surface area contributed by atoms with Crippen molar-refractivity contribution in [2.24, 2.45) is 0 Å². The van der Waals surface area contributed by atoms with Crippen LogP contribution in [-0.2, 0) is 4.79 Å². The van der Waals surface area contributed by atoms with Crippen LogP contribution in [0.2, 0.25) is 0 Å². The van der Waals surface area contributed by atoms with Crippen molar-refractivity contribution in [1.29, 1.82) is 0 Å². The normalized spacial score (nSPS) is 15.3. The maximum absolute atomic E-state index is 12.7. The van der Waals surface area contributed by atoms with Crippen LogP contribution in [0.3, 0.4) is 0 Å². The summed E-state index contributed by atoms with van der Waals surface area (Å²) in [5.41, 5.74) is 5.93. The van der Waals surface area contributed by atoms with E-state index < -0.39 is 0 Å². The molecule has 6 heteroatoms. The molecule has 1 unspecified atom stereocenters. The molecule has 1 fully saturated rings. The van der Waals surface area contributed by atoms with Gasteiger partial charge in [-0.25, -0.2) is 0 Å². The molecule has 1 atom stereocenters. The Morgan fingerprint density at radius 2 is 1.51 bits per heavy atom. The Labute approximate surface area is 209 Å². The molecule has 1 aliphatic heterocycles. The third kappa shape index (κ3) is 6.08. The number of rotatable bonds is 7. The third-order valence-electron chi connectivity index (χ3n) is 6.58. The highest BCUT2D eigenvalue weighted by Gasteiger charge is 2.28. The summed E-state index contributed by atoms with van der Waals surface area (Å²) in [4.78, 5) is 31.2. The second-order valence-corrected chi connectivity index (χ2v) is 9.58. The number of carbonyl (C=O) groups is 2. The molecule has 0 aromatic heterocycles. The van der Waals surface area contributed by atoms with Crippen LogP contribution in [0, 0.1) is 6.92 Å². The number of likely N-dealkylation sites (N-methyl/N-ethyl adjacent to an activating group) is 2. The molecule has 1 heterocycles. The third-order valence-corrected chi connectivity index (χ3v) is 6.58. The summed E-state index contributed by atoms with van der Waals surface area (Å²) >= 11 is 0. The Morgan fingerprint density at radius 1 is 0.914 bits per heavy atom. The SMILES string of the molecule is Cc1ccc(-c2ccc(C(=O)Nc3ccc(N4CCC(N(C)C(=O)CN(C)C)C4)cc3)cc2)cc1.[HH]. The molecular weight excluding hydrogens is 436 g/mol. The fraction of sp³-hybridized carbons (Fsp3) is 0.310.